The summed E-state index contributed by atoms with van der Waals surface area (Å²) in [6.45, 7) is 5.68. The Labute approximate surface area is 181 Å². The van der Waals surface area contributed by atoms with Crippen molar-refractivity contribution in [2.45, 2.75) is 0 Å². The van der Waals surface area contributed by atoms with E-state index >= 15 is 0 Å². The second-order valence-electron chi connectivity index (χ2n) is 7.23. The van der Waals surface area contributed by atoms with E-state index in [1.54, 1.807) is 0 Å². The summed E-state index contributed by atoms with van der Waals surface area (Å²) in [6, 6.07) is 17.2. The van der Waals surface area contributed by atoms with Crippen LogP contribution in [0.15, 0.2) is 48.5 Å². The van der Waals surface area contributed by atoms with E-state index in [1.165, 1.54) is 38.5 Å². The zero-order chi connectivity index (χ0) is 18.2. The fraction of sp³-hybridized carbons (Fsp3) is 0.318. The summed E-state index contributed by atoms with van der Waals surface area (Å²) in [5.41, 5.74) is 6.04. The third-order valence-electron chi connectivity index (χ3n) is 5.63. The monoisotopic (exact) mass is 488 g/mol. The molecule has 0 spiro atoms. The molecular weight excluding hydrogens is 463 g/mol. The first-order valence-electron chi connectivity index (χ1n) is 9.68. The van der Waals surface area contributed by atoms with Crippen molar-refractivity contribution >= 4 is 38.5 Å². The molecule has 1 aliphatic rings. The third kappa shape index (κ3) is 3.33. The summed E-state index contributed by atoms with van der Waals surface area (Å²) in [6.07, 6.45) is 0. The molecule has 28 heavy (non-hydrogen) atoms. The van der Waals surface area contributed by atoms with E-state index in [1.807, 2.05) is 0 Å². The molecule has 1 aliphatic heterocycles. The predicted octanol–water partition coefficient (Wildman–Crippen LogP) is 0.0469. The molecule has 2 N–H and O–H groups in total. The van der Waals surface area contributed by atoms with E-state index in [2.05, 4.69) is 75.3 Å². The predicted molar refractivity (Wildman–Crippen MR) is 110 cm³/mol. The van der Waals surface area contributed by atoms with Crippen LogP contribution in [0.1, 0.15) is 0 Å². The summed E-state index contributed by atoms with van der Waals surface area (Å²) in [4.78, 5) is 6.11. The minimum Gasteiger partial charge on any atom is -1.00 e. The topological polar surface area (TPSA) is 44.2 Å². The smallest absolute Gasteiger partial charge is 0.240 e. The van der Waals surface area contributed by atoms with Crippen LogP contribution in [-0.4, -0.2) is 49.3 Å². The van der Waals surface area contributed by atoms with Gasteiger partial charge in [0.1, 0.15) is 12.6 Å². The van der Waals surface area contributed by atoms with Gasteiger partial charge in [-0.3, -0.25) is 4.90 Å². The Bertz CT molecular complexity index is 1120. The number of rotatable bonds is 4. The molecule has 0 bridgehead atoms. The molecule has 0 atom stereocenters. The fourth-order valence-electron chi connectivity index (χ4n) is 4.24. The first kappa shape index (κ1) is 19.4. The van der Waals surface area contributed by atoms with Crippen LogP contribution in [0.5, 0.6) is 0 Å². The quantitative estimate of drug-likeness (QED) is 0.315. The van der Waals surface area contributed by atoms with Crippen LogP contribution in [0.25, 0.3) is 32.8 Å². The molecule has 6 heteroatoms. The zero-order valence-electron chi connectivity index (χ0n) is 16.0. The number of fused-ring (bicyclic) bond motifs is 4. The number of benzene rings is 2. The number of aromatic nitrogens is 2. The fourth-order valence-corrected chi connectivity index (χ4v) is 4.24. The van der Waals surface area contributed by atoms with Crippen LogP contribution < -0.4 is 33.9 Å². The number of nitrogens with zero attached hydrogens (tertiary/aromatic N) is 2. The average Bonchev–Trinajstić information content (AvgIpc) is 3.11. The third-order valence-corrected chi connectivity index (χ3v) is 5.63. The maximum Gasteiger partial charge on any atom is 0.240 e. The Morgan fingerprint density at radius 2 is 1.75 bits per heavy atom. The number of pyridine rings is 1. The molecule has 0 amide bonds. The van der Waals surface area contributed by atoms with Gasteiger partial charge in [0, 0.05) is 32.2 Å². The summed E-state index contributed by atoms with van der Waals surface area (Å²) in [5.74, 6) is 0. The van der Waals surface area contributed by atoms with Crippen LogP contribution in [0.4, 0.5) is 5.69 Å². The Kier molecular flexibility index (Phi) is 5.70. The number of H-pyrrole nitrogens is 1. The van der Waals surface area contributed by atoms with Gasteiger partial charge >= 0.3 is 0 Å². The number of anilines is 1. The maximum atomic E-state index is 5.46. The minimum atomic E-state index is 0. The highest BCUT2D eigenvalue weighted by molar-refractivity contribution is 6.13. The highest BCUT2D eigenvalue weighted by atomic mass is 127. The number of ether oxygens (including phenoxy) is 1. The molecule has 5 nitrogen and oxygen atoms in total. The van der Waals surface area contributed by atoms with Crippen molar-refractivity contribution in [3.05, 3.63) is 48.5 Å². The number of hydrogen-bond donors (Lipinski definition) is 2. The molecule has 146 valence electrons. The normalized spacial score (nSPS) is 15.2. The van der Waals surface area contributed by atoms with E-state index in [-0.39, 0.29) is 24.0 Å². The van der Waals surface area contributed by atoms with Crippen molar-refractivity contribution < 1.29 is 33.3 Å². The molecule has 0 radical (unpaired) electrons. The van der Waals surface area contributed by atoms with Gasteiger partial charge in [-0.1, -0.05) is 24.3 Å². The SMILES string of the molecule is C[n+]1c2ccccc2c(NCCN2CCOCC2)c2[nH]c3ccccc3c21.[I-]. The van der Waals surface area contributed by atoms with Crippen molar-refractivity contribution in [2.75, 3.05) is 44.7 Å². The standard InChI is InChI=1S/C22H24N4O.HI/c1-25-19-9-5-3-7-17(19)20(23-10-11-26-12-14-27-15-13-26)21-22(25)16-6-2-4-8-18(16)24-21;/h2-9H,10-15H2,1H3,(H,23,24);1H. The van der Waals surface area contributed by atoms with Gasteiger partial charge in [0.25, 0.3) is 0 Å². The second kappa shape index (κ2) is 8.23. The number of para-hydroxylation sites is 2. The molecule has 5 rings (SSSR count). The lowest BCUT2D eigenvalue weighted by Crippen LogP contribution is -3.00. The molecule has 0 saturated carbocycles. The number of nitrogens with one attached hydrogen (secondary N) is 2. The van der Waals surface area contributed by atoms with Gasteiger partial charge in [0.15, 0.2) is 0 Å². The van der Waals surface area contributed by atoms with Crippen molar-refractivity contribution in [3.63, 3.8) is 0 Å². The first-order chi connectivity index (χ1) is 13.3. The van der Waals surface area contributed by atoms with Crippen molar-refractivity contribution in [1.82, 2.24) is 9.88 Å². The highest BCUT2D eigenvalue weighted by Gasteiger charge is 2.22. The van der Waals surface area contributed by atoms with Gasteiger partial charge in [-0.25, -0.2) is 0 Å². The summed E-state index contributed by atoms with van der Waals surface area (Å²) in [7, 11) is 2.16. The number of aryl methyl sites for hydroxylation is 1. The summed E-state index contributed by atoms with van der Waals surface area (Å²) >= 11 is 0. The highest BCUT2D eigenvalue weighted by Crippen LogP contribution is 2.33. The molecule has 2 aromatic heterocycles. The van der Waals surface area contributed by atoms with Crippen LogP contribution in [-0.2, 0) is 11.8 Å². The van der Waals surface area contributed by atoms with E-state index in [0.29, 0.717) is 0 Å². The molecule has 0 unspecified atom stereocenters. The van der Waals surface area contributed by atoms with E-state index in [4.69, 9.17) is 4.74 Å². The number of aromatic amines is 1. The Balaban J connectivity index is 0.00000192. The van der Waals surface area contributed by atoms with Gasteiger partial charge in [-0.05, 0) is 18.2 Å². The molecule has 1 fully saturated rings. The molecule has 2 aromatic carbocycles. The van der Waals surface area contributed by atoms with Gasteiger partial charge in [0.05, 0.1) is 35.2 Å². The number of hydrogen-bond acceptors (Lipinski definition) is 3. The van der Waals surface area contributed by atoms with Gasteiger partial charge < -0.3 is 39.0 Å². The van der Waals surface area contributed by atoms with Crippen LogP contribution in [0.3, 0.4) is 0 Å². The molecular formula is C22H25IN4O. The minimum absolute atomic E-state index is 0. The summed E-state index contributed by atoms with van der Waals surface area (Å²) < 4.78 is 7.76. The number of halogens is 1. The van der Waals surface area contributed by atoms with Crippen molar-refractivity contribution in [2.24, 2.45) is 7.05 Å². The molecule has 3 heterocycles. The van der Waals surface area contributed by atoms with E-state index in [0.717, 1.165) is 39.4 Å². The lowest BCUT2D eigenvalue weighted by molar-refractivity contribution is -0.616. The Hall–Kier alpha value is -1.90. The van der Waals surface area contributed by atoms with Crippen molar-refractivity contribution in [1.29, 1.82) is 0 Å². The maximum absolute atomic E-state index is 5.46. The van der Waals surface area contributed by atoms with Crippen molar-refractivity contribution in [3.8, 4) is 0 Å². The second-order valence-corrected chi connectivity index (χ2v) is 7.23. The lowest BCUT2D eigenvalue weighted by atomic mass is 10.1. The molecule has 1 saturated heterocycles. The Morgan fingerprint density at radius 3 is 2.57 bits per heavy atom. The number of morpholine rings is 1. The van der Waals surface area contributed by atoms with E-state index in [9.17, 15) is 0 Å². The van der Waals surface area contributed by atoms with Crippen LogP contribution in [0.2, 0.25) is 0 Å². The van der Waals surface area contributed by atoms with Gasteiger partial charge in [-0.2, -0.15) is 4.57 Å². The van der Waals surface area contributed by atoms with Gasteiger partial charge in [-0.15, -0.1) is 0 Å². The first-order valence-corrected chi connectivity index (χ1v) is 9.68. The molecule has 0 aliphatic carbocycles. The summed E-state index contributed by atoms with van der Waals surface area (Å²) in [5, 5.41) is 6.25. The lowest BCUT2D eigenvalue weighted by Gasteiger charge is -2.26. The van der Waals surface area contributed by atoms with Gasteiger partial charge in [0.2, 0.25) is 11.0 Å². The Morgan fingerprint density at radius 1 is 1.04 bits per heavy atom. The van der Waals surface area contributed by atoms with E-state index < -0.39 is 0 Å². The largest absolute Gasteiger partial charge is 1.00 e. The van der Waals surface area contributed by atoms with Crippen LogP contribution in [0, 0.1) is 0 Å². The average molecular weight is 488 g/mol. The van der Waals surface area contributed by atoms with Crippen LogP contribution >= 0.6 is 0 Å². The zero-order valence-corrected chi connectivity index (χ0v) is 18.2. The molecule has 4 aromatic rings.